The first-order chi connectivity index (χ1) is 22.6. The summed E-state index contributed by atoms with van der Waals surface area (Å²) in [7, 11) is 0. The maximum atomic E-state index is 14.8. The van der Waals surface area contributed by atoms with Crippen LogP contribution in [0.1, 0.15) is 60.8 Å². The fraction of sp³-hybridized carbons (Fsp3) is 0.314. The lowest BCUT2D eigenvalue weighted by atomic mass is 9.81. The van der Waals surface area contributed by atoms with Crippen LogP contribution in [0.4, 0.5) is 17.6 Å². The minimum atomic E-state index is -5.36. The van der Waals surface area contributed by atoms with Crippen LogP contribution in [0.2, 0.25) is 0 Å². The van der Waals surface area contributed by atoms with Gasteiger partial charge in [0.25, 0.3) is 5.91 Å². The third kappa shape index (κ3) is 6.55. The van der Waals surface area contributed by atoms with Crippen LogP contribution >= 0.6 is 0 Å². The number of carbonyl (C=O) groups excluding carboxylic acids is 2. The standard InChI is InChI=1S/C35H34F4N4O5/c1-19(2)24(13-14-41-4)25-12-7-21(15-27(25)48-23-10-11-23)31(44)42-17-34(46,35(37,38)39)28-16-26-30(47-18-33(26,3)32(40)45)29(43-28)20-5-8-22(36)9-6-20/h5-9,12-16,23,46H,4,10-11,17-18H2,1-3H3,(H2,40,45)(H,42,44)/b14-13-/t33-,34?/m0/s1. The van der Waals surface area contributed by atoms with E-state index in [1.54, 1.807) is 12.1 Å². The van der Waals surface area contributed by atoms with Gasteiger partial charge in [-0.25, -0.2) is 9.37 Å². The quantitative estimate of drug-likeness (QED) is 0.136. The predicted molar refractivity (Wildman–Crippen MR) is 171 cm³/mol. The second-order valence-electron chi connectivity index (χ2n) is 12.2. The van der Waals surface area contributed by atoms with E-state index in [1.807, 2.05) is 13.8 Å². The molecule has 2 aliphatic rings. The molecule has 9 nitrogen and oxygen atoms in total. The van der Waals surface area contributed by atoms with E-state index in [1.165, 1.54) is 37.4 Å². The number of halogens is 4. The molecule has 1 aromatic heterocycles. The summed E-state index contributed by atoms with van der Waals surface area (Å²) >= 11 is 0. The molecule has 13 heteroatoms. The highest BCUT2D eigenvalue weighted by Crippen LogP contribution is 2.48. The molecule has 0 radical (unpaired) electrons. The highest BCUT2D eigenvalue weighted by atomic mass is 19.4. The Morgan fingerprint density at radius 1 is 1.19 bits per heavy atom. The normalized spacial score (nSPS) is 18.4. The van der Waals surface area contributed by atoms with Crippen molar-refractivity contribution < 1.29 is 41.7 Å². The van der Waals surface area contributed by atoms with Crippen LogP contribution in [0.25, 0.3) is 16.8 Å². The summed E-state index contributed by atoms with van der Waals surface area (Å²) in [5.74, 6) is -2.08. The third-order valence-corrected chi connectivity index (χ3v) is 8.37. The largest absolute Gasteiger partial charge is 0.490 e. The second-order valence-corrected chi connectivity index (χ2v) is 12.2. The fourth-order valence-electron chi connectivity index (χ4n) is 5.25. The molecule has 2 amide bonds. The molecule has 1 aliphatic heterocycles. The topological polar surface area (TPSA) is 136 Å². The lowest BCUT2D eigenvalue weighted by Crippen LogP contribution is -2.51. The number of allylic oxidation sites excluding steroid dienone is 3. The number of primary amides is 1. The van der Waals surface area contributed by atoms with Crippen molar-refractivity contribution in [3.8, 4) is 22.8 Å². The summed E-state index contributed by atoms with van der Waals surface area (Å²) in [6, 6.07) is 10.1. The first kappa shape index (κ1) is 34.3. The summed E-state index contributed by atoms with van der Waals surface area (Å²) in [5.41, 5.74) is 1.67. The van der Waals surface area contributed by atoms with Gasteiger partial charge < -0.3 is 25.6 Å². The van der Waals surface area contributed by atoms with Crippen LogP contribution in [0.5, 0.6) is 11.5 Å². The average molecular weight is 667 g/mol. The maximum Gasteiger partial charge on any atom is 0.424 e. The highest BCUT2D eigenvalue weighted by Gasteiger charge is 2.57. The number of alkyl halides is 3. The van der Waals surface area contributed by atoms with Crippen molar-refractivity contribution in [2.75, 3.05) is 13.2 Å². The van der Waals surface area contributed by atoms with Gasteiger partial charge in [-0.3, -0.25) is 14.6 Å². The molecule has 2 atom stereocenters. The number of nitrogens with two attached hydrogens (primary N) is 1. The third-order valence-electron chi connectivity index (χ3n) is 8.37. The van der Waals surface area contributed by atoms with Crippen LogP contribution in [0, 0.1) is 5.82 Å². The van der Waals surface area contributed by atoms with Crippen molar-refractivity contribution >= 4 is 24.1 Å². The average Bonchev–Trinajstić information content (AvgIpc) is 3.79. The van der Waals surface area contributed by atoms with Crippen LogP contribution in [-0.2, 0) is 15.8 Å². The highest BCUT2D eigenvalue weighted by molar-refractivity contribution is 5.96. The maximum absolute atomic E-state index is 14.8. The zero-order valence-corrected chi connectivity index (χ0v) is 26.5. The number of hydrogen-bond acceptors (Lipinski definition) is 7. The Morgan fingerprint density at radius 2 is 1.88 bits per heavy atom. The number of rotatable bonds is 11. The first-order valence-corrected chi connectivity index (χ1v) is 15.0. The lowest BCUT2D eigenvalue weighted by Gasteiger charge is -2.31. The minimum Gasteiger partial charge on any atom is -0.490 e. The number of ether oxygens (including phenoxy) is 2. The van der Waals surface area contributed by atoms with Crippen molar-refractivity contribution in [3.05, 3.63) is 94.6 Å². The summed E-state index contributed by atoms with van der Waals surface area (Å²) in [6.07, 6.45) is -0.550. The van der Waals surface area contributed by atoms with Gasteiger partial charge in [0, 0.05) is 28.5 Å². The molecule has 0 saturated heterocycles. The fourth-order valence-corrected chi connectivity index (χ4v) is 5.25. The van der Waals surface area contributed by atoms with E-state index in [0.29, 0.717) is 11.3 Å². The number of amides is 2. The number of nitrogens with one attached hydrogen (secondary N) is 1. The minimum absolute atomic E-state index is 0.0125. The van der Waals surface area contributed by atoms with E-state index in [-0.39, 0.29) is 40.8 Å². The molecule has 0 bridgehead atoms. The van der Waals surface area contributed by atoms with E-state index in [0.717, 1.165) is 42.2 Å². The van der Waals surface area contributed by atoms with Crippen molar-refractivity contribution in [2.24, 2.45) is 10.7 Å². The number of fused-ring (bicyclic) bond motifs is 1. The number of pyridine rings is 1. The smallest absolute Gasteiger partial charge is 0.424 e. The van der Waals surface area contributed by atoms with Gasteiger partial charge in [0.05, 0.1) is 18.3 Å². The molecule has 48 heavy (non-hydrogen) atoms. The van der Waals surface area contributed by atoms with Gasteiger partial charge in [-0.2, -0.15) is 13.2 Å². The van der Waals surface area contributed by atoms with Gasteiger partial charge in [-0.1, -0.05) is 5.57 Å². The van der Waals surface area contributed by atoms with Gasteiger partial charge in [0.15, 0.2) is 0 Å². The number of aliphatic imine (C=N–C) groups is 1. The summed E-state index contributed by atoms with van der Waals surface area (Å²) < 4.78 is 69.9. The molecule has 0 spiro atoms. The van der Waals surface area contributed by atoms with E-state index >= 15 is 0 Å². The molecule has 5 rings (SSSR count). The molecule has 1 fully saturated rings. The van der Waals surface area contributed by atoms with Gasteiger partial charge in [-0.15, -0.1) is 0 Å². The Labute approximate surface area is 274 Å². The predicted octanol–water partition coefficient (Wildman–Crippen LogP) is 5.75. The molecule has 1 unspecified atom stereocenters. The van der Waals surface area contributed by atoms with Gasteiger partial charge >= 0.3 is 6.18 Å². The number of carbonyl (C=O) groups is 2. The SMILES string of the molecule is C=N/C=C\C(=C(C)C)c1ccc(C(=O)NCC(O)(c2cc3c(c(-c4ccc(F)cc4)n2)OC[C@]3(C)C(N)=O)C(F)(F)F)cc1OC1CC1. The summed E-state index contributed by atoms with van der Waals surface area (Å²) in [6.45, 7) is 6.97. The molecule has 1 saturated carbocycles. The van der Waals surface area contributed by atoms with E-state index in [9.17, 15) is 32.3 Å². The Morgan fingerprint density at radius 3 is 2.46 bits per heavy atom. The molecule has 4 N–H and O–H groups in total. The summed E-state index contributed by atoms with van der Waals surface area (Å²) in [4.78, 5) is 33.7. The van der Waals surface area contributed by atoms with Gasteiger partial charge in [0.1, 0.15) is 35.0 Å². The zero-order chi connectivity index (χ0) is 35.0. The monoisotopic (exact) mass is 666 g/mol. The van der Waals surface area contributed by atoms with Crippen LogP contribution < -0.4 is 20.5 Å². The second kappa shape index (κ2) is 12.9. The Bertz CT molecular complexity index is 1830. The number of aliphatic hydroxyl groups is 1. The van der Waals surface area contributed by atoms with E-state index in [2.05, 4.69) is 22.0 Å². The van der Waals surface area contributed by atoms with Crippen LogP contribution in [-0.4, -0.2) is 54.1 Å². The number of nitrogens with zero attached hydrogens (tertiary/aromatic N) is 2. The van der Waals surface area contributed by atoms with Gasteiger partial charge in [-0.05, 0) is 101 Å². The molecule has 2 heterocycles. The van der Waals surface area contributed by atoms with Crippen molar-refractivity contribution in [3.63, 3.8) is 0 Å². The van der Waals surface area contributed by atoms with Crippen LogP contribution in [0.3, 0.4) is 0 Å². The van der Waals surface area contributed by atoms with Crippen LogP contribution in [0.15, 0.2) is 71.4 Å². The van der Waals surface area contributed by atoms with E-state index < -0.39 is 47.1 Å². The molecule has 3 aromatic rings. The van der Waals surface area contributed by atoms with Gasteiger partial charge in [0.2, 0.25) is 11.5 Å². The Hall–Kier alpha value is -5.04. The molecule has 2 aromatic carbocycles. The lowest BCUT2D eigenvalue weighted by molar-refractivity contribution is -0.265. The van der Waals surface area contributed by atoms with Crippen molar-refractivity contribution in [1.29, 1.82) is 0 Å². The van der Waals surface area contributed by atoms with Crippen molar-refractivity contribution in [2.45, 2.75) is 56.9 Å². The molecule has 252 valence electrons. The number of aromatic nitrogens is 1. The molecular formula is C35H34F4N4O5. The number of hydrogen-bond donors (Lipinski definition) is 3. The number of benzene rings is 2. The summed E-state index contributed by atoms with van der Waals surface area (Å²) in [5, 5.41) is 13.5. The molecular weight excluding hydrogens is 632 g/mol. The van der Waals surface area contributed by atoms with E-state index in [4.69, 9.17) is 15.2 Å². The molecule has 1 aliphatic carbocycles. The zero-order valence-electron chi connectivity index (χ0n) is 26.5. The Kier molecular flexibility index (Phi) is 9.20. The first-order valence-electron chi connectivity index (χ1n) is 15.0. The van der Waals surface area contributed by atoms with Crippen molar-refractivity contribution in [1.82, 2.24) is 10.3 Å². The Balaban J connectivity index is 1.54.